The quantitative estimate of drug-likeness (QED) is 0.310. The number of aromatic carboxylic acids is 1. The normalized spacial score (nSPS) is 10.9. The van der Waals surface area contributed by atoms with Crippen LogP contribution in [0.2, 0.25) is 0 Å². The Morgan fingerprint density at radius 1 is 0.861 bits per heavy atom. The zero-order chi connectivity index (χ0) is 25.5. The van der Waals surface area contributed by atoms with E-state index >= 15 is 0 Å². The third-order valence-corrected chi connectivity index (χ3v) is 6.17. The summed E-state index contributed by atoms with van der Waals surface area (Å²) >= 11 is 0. The summed E-state index contributed by atoms with van der Waals surface area (Å²) in [4.78, 5) is 37.9. The molecule has 0 aliphatic heterocycles. The minimum Gasteiger partial charge on any atom is -0.478 e. The van der Waals surface area contributed by atoms with Gasteiger partial charge in [0.25, 0.3) is 5.91 Å². The van der Waals surface area contributed by atoms with E-state index in [0.717, 1.165) is 41.5 Å². The highest BCUT2D eigenvalue weighted by Gasteiger charge is 2.20. The molecule has 1 heterocycles. The van der Waals surface area contributed by atoms with Crippen LogP contribution in [0.4, 0.5) is 0 Å². The van der Waals surface area contributed by atoms with Crippen LogP contribution in [0.25, 0.3) is 11.1 Å². The number of carbonyl (C=O) groups excluding carboxylic acids is 1. The predicted octanol–water partition coefficient (Wildman–Crippen LogP) is 5.27. The molecule has 0 radical (unpaired) electrons. The number of aromatic nitrogens is 3. The molecule has 7 nitrogen and oxygen atoms in total. The molecule has 0 aliphatic rings. The van der Waals surface area contributed by atoms with Gasteiger partial charge in [-0.3, -0.25) is 9.36 Å². The zero-order valence-corrected chi connectivity index (χ0v) is 20.3. The summed E-state index contributed by atoms with van der Waals surface area (Å²) in [6.07, 6.45) is 4.73. The number of benzene rings is 3. The van der Waals surface area contributed by atoms with E-state index in [-0.39, 0.29) is 12.1 Å². The minimum atomic E-state index is -0.982. The lowest BCUT2D eigenvalue weighted by Gasteiger charge is -2.09. The fraction of sp³-hybridized carbons (Fsp3) is 0.241. The van der Waals surface area contributed by atoms with Crippen molar-refractivity contribution in [2.75, 3.05) is 0 Å². The summed E-state index contributed by atoms with van der Waals surface area (Å²) < 4.78 is 2.52. The molecule has 36 heavy (non-hydrogen) atoms. The molecule has 4 aromatic rings. The lowest BCUT2D eigenvalue weighted by molar-refractivity contribution is 0.0697. The average molecular weight is 484 g/mol. The number of nitrogens with zero attached hydrogens (tertiary/aromatic N) is 3. The molecule has 184 valence electrons. The molecular formula is C29H29N3O4. The first-order valence-electron chi connectivity index (χ1n) is 12.2. The number of hydrogen-bond donors (Lipinski definition) is 1. The van der Waals surface area contributed by atoms with Gasteiger partial charge in [-0.1, -0.05) is 86.8 Å². The van der Waals surface area contributed by atoms with Crippen LogP contribution in [0.1, 0.15) is 64.7 Å². The molecular weight excluding hydrogens is 454 g/mol. The highest BCUT2D eigenvalue weighted by atomic mass is 16.4. The Balaban J connectivity index is 1.64. The SMILES string of the molecule is CCCCCCc1nn(C(=O)c2ccccc2)c(=O)n1Cc1ccc(-c2ccccc2C(=O)O)cc1. The Hall–Kier alpha value is -4.26. The van der Waals surface area contributed by atoms with Crippen LogP contribution in [0.3, 0.4) is 0 Å². The smallest absolute Gasteiger partial charge is 0.353 e. The van der Waals surface area contributed by atoms with Gasteiger partial charge in [0.05, 0.1) is 12.1 Å². The van der Waals surface area contributed by atoms with Crippen LogP contribution >= 0.6 is 0 Å². The summed E-state index contributed by atoms with van der Waals surface area (Å²) in [5, 5.41) is 13.9. The lowest BCUT2D eigenvalue weighted by Crippen LogP contribution is -2.30. The van der Waals surface area contributed by atoms with Crippen LogP contribution in [0, 0.1) is 0 Å². The first-order valence-corrected chi connectivity index (χ1v) is 12.2. The molecule has 0 aliphatic carbocycles. The maximum Gasteiger partial charge on any atom is 0.353 e. The number of carboxylic acids is 1. The van der Waals surface area contributed by atoms with E-state index in [1.807, 2.05) is 30.3 Å². The van der Waals surface area contributed by atoms with Crippen molar-refractivity contribution >= 4 is 11.9 Å². The lowest BCUT2D eigenvalue weighted by atomic mass is 9.99. The fourth-order valence-electron chi connectivity index (χ4n) is 4.22. The van der Waals surface area contributed by atoms with E-state index in [1.165, 1.54) is 0 Å². The second-order valence-corrected chi connectivity index (χ2v) is 8.73. The van der Waals surface area contributed by atoms with Gasteiger partial charge in [-0.05, 0) is 41.3 Å². The van der Waals surface area contributed by atoms with E-state index in [1.54, 1.807) is 53.1 Å². The van der Waals surface area contributed by atoms with Gasteiger partial charge in [0.15, 0.2) is 0 Å². The molecule has 3 aromatic carbocycles. The third-order valence-electron chi connectivity index (χ3n) is 6.17. The fourth-order valence-corrected chi connectivity index (χ4v) is 4.22. The van der Waals surface area contributed by atoms with Crippen LogP contribution in [-0.4, -0.2) is 31.3 Å². The van der Waals surface area contributed by atoms with E-state index < -0.39 is 17.6 Å². The third kappa shape index (κ3) is 5.51. The molecule has 0 bridgehead atoms. The first kappa shape index (κ1) is 24.9. The van der Waals surface area contributed by atoms with E-state index in [9.17, 15) is 19.5 Å². The summed E-state index contributed by atoms with van der Waals surface area (Å²) in [7, 11) is 0. The number of aryl methyl sites for hydroxylation is 1. The highest BCUT2D eigenvalue weighted by molar-refractivity contribution is 5.96. The summed E-state index contributed by atoms with van der Waals surface area (Å²) in [6, 6.07) is 23.0. The molecule has 4 rings (SSSR count). The van der Waals surface area contributed by atoms with E-state index in [0.29, 0.717) is 23.4 Å². The second kappa shape index (κ2) is 11.4. The van der Waals surface area contributed by atoms with Crippen molar-refractivity contribution in [3.63, 3.8) is 0 Å². The Bertz CT molecular complexity index is 1400. The zero-order valence-electron chi connectivity index (χ0n) is 20.3. The molecule has 0 fully saturated rings. The molecule has 0 spiro atoms. The van der Waals surface area contributed by atoms with Crippen LogP contribution < -0.4 is 5.69 Å². The predicted molar refractivity (Wildman–Crippen MR) is 138 cm³/mol. The number of unbranched alkanes of at least 4 members (excludes halogenated alkanes) is 3. The number of carbonyl (C=O) groups is 2. The van der Waals surface area contributed by atoms with E-state index in [2.05, 4.69) is 12.0 Å². The van der Waals surface area contributed by atoms with Gasteiger partial charge in [-0.15, -0.1) is 9.78 Å². The summed E-state index contributed by atoms with van der Waals surface area (Å²) in [5.74, 6) is -0.847. The van der Waals surface area contributed by atoms with Crippen LogP contribution in [0.15, 0.2) is 83.7 Å². The van der Waals surface area contributed by atoms with Gasteiger partial charge in [0.1, 0.15) is 5.82 Å². The van der Waals surface area contributed by atoms with Crippen molar-refractivity contribution in [1.29, 1.82) is 0 Å². The molecule has 0 amide bonds. The number of hydrogen-bond acceptors (Lipinski definition) is 4. The topological polar surface area (TPSA) is 94.2 Å². The monoisotopic (exact) mass is 483 g/mol. The van der Waals surface area contributed by atoms with Crippen molar-refractivity contribution in [2.24, 2.45) is 0 Å². The Morgan fingerprint density at radius 3 is 2.25 bits per heavy atom. The summed E-state index contributed by atoms with van der Waals surface area (Å²) in [5.41, 5.74) is 2.44. The van der Waals surface area contributed by atoms with Crippen molar-refractivity contribution in [1.82, 2.24) is 14.3 Å². The van der Waals surface area contributed by atoms with Crippen molar-refractivity contribution in [3.8, 4) is 11.1 Å². The van der Waals surface area contributed by atoms with Gasteiger partial charge in [0, 0.05) is 12.0 Å². The molecule has 0 saturated heterocycles. The standard InChI is InChI=1S/C29H29N3O4/c1-2-3-4-8-15-26-30-32(27(33)23-11-6-5-7-12-23)29(36)31(26)20-21-16-18-22(19-17-21)24-13-9-10-14-25(24)28(34)35/h5-7,9-14,16-19H,2-4,8,15,20H2,1H3,(H,34,35). The maximum atomic E-state index is 13.3. The first-order chi connectivity index (χ1) is 17.5. The molecule has 0 atom stereocenters. The minimum absolute atomic E-state index is 0.233. The Morgan fingerprint density at radius 2 is 1.56 bits per heavy atom. The number of rotatable bonds is 10. The van der Waals surface area contributed by atoms with Crippen molar-refractivity contribution < 1.29 is 14.7 Å². The van der Waals surface area contributed by atoms with Crippen molar-refractivity contribution in [2.45, 2.75) is 45.6 Å². The van der Waals surface area contributed by atoms with Gasteiger partial charge in [-0.25, -0.2) is 9.59 Å². The summed E-state index contributed by atoms with van der Waals surface area (Å²) in [6.45, 7) is 2.41. The van der Waals surface area contributed by atoms with Crippen LogP contribution in [0.5, 0.6) is 0 Å². The van der Waals surface area contributed by atoms with Gasteiger partial charge < -0.3 is 5.11 Å². The Labute approximate surface area is 209 Å². The largest absolute Gasteiger partial charge is 0.478 e. The van der Waals surface area contributed by atoms with E-state index in [4.69, 9.17) is 0 Å². The number of carboxylic acid groups (broad SMARTS) is 1. The molecule has 7 heteroatoms. The van der Waals surface area contributed by atoms with Gasteiger partial charge in [0.2, 0.25) is 0 Å². The molecule has 1 N–H and O–H groups in total. The van der Waals surface area contributed by atoms with Gasteiger partial charge in [-0.2, -0.15) is 0 Å². The highest BCUT2D eigenvalue weighted by Crippen LogP contribution is 2.24. The molecule has 1 aromatic heterocycles. The van der Waals surface area contributed by atoms with Crippen LogP contribution in [-0.2, 0) is 13.0 Å². The average Bonchev–Trinajstić information content (AvgIpc) is 3.21. The Kier molecular flexibility index (Phi) is 7.90. The maximum absolute atomic E-state index is 13.3. The second-order valence-electron chi connectivity index (χ2n) is 8.73. The molecule has 0 unspecified atom stereocenters. The van der Waals surface area contributed by atoms with Gasteiger partial charge >= 0.3 is 11.7 Å². The van der Waals surface area contributed by atoms with Crippen molar-refractivity contribution in [3.05, 3.63) is 112 Å². The molecule has 0 saturated carbocycles.